The standard InChI is InChI=1S/C11H20O5S/c1-6-9(12)16-8-7-10(2,3)11(4,5)17(13,14)15/h6H,1,7-8H2,2-5H3,(H,13,14,15). The summed E-state index contributed by atoms with van der Waals surface area (Å²) in [7, 11) is -4.18. The molecule has 100 valence electrons. The third kappa shape index (κ3) is 3.81. The third-order valence-electron chi connectivity index (χ3n) is 3.41. The van der Waals surface area contributed by atoms with Gasteiger partial charge in [0.1, 0.15) is 0 Å². The minimum Gasteiger partial charge on any atom is -0.463 e. The summed E-state index contributed by atoms with van der Waals surface area (Å²) < 4.78 is 35.2. The maximum Gasteiger partial charge on any atom is 0.330 e. The number of esters is 1. The number of carbonyl (C=O) groups is 1. The molecule has 17 heavy (non-hydrogen) atoms. The first-order valence-electron chi connectivity index (χ1n) is 5.22. The fraction of sp³-hybridized carbons (Fsp3) is 0.727. The van der Waals surface area contributed by atoms with Crippen molar-refractivity contribution in [3.05, 3.63) is 12.7 Å². The van der Waals surface area contributed by atoms with Crippen molar-refractivity contribution in [2.45, 2.75) is 38.9 Å². The molecule has 0 radical (unpaired) electrons. The van der Waals surface area contributed by atoms with E-state index in [1.54, 1.807) is 13.8 Å². The Bertz CT molecular complexity index is 392. The smallest absolute Gasteiger partial charge is 0.330 e. The van der Waals surface area contributed by atoms with E-state index in [-0.39, 0.29) is 6.61 Å². The molecule has 0 saturated heterocycles. The molecule has 0 unspecified atom stereocenters. The van der Waals surface area contributed by atoms with Crippen LogP contribution in [0.2, 0.25) is 0 Å². The number of hydrogen-bond acceptors (Lipinski definition) is 4. The van der Waals surface area contributed by atoms with E-state index in [0.29, 0.717) is 6.42 Å². The molecule has 0 heterocycles. The molecule has 0 atom stereocenters. The molecular formula is C11H20O5S. The van der Waals surface area contributed by atoms with Gasteiger partial charge in [-0.3, -0.25) is 4.55 Å². The van der Waals surface area contributed by atoms with E-state index < -0.39 is 26.2 Å². The molecule has 6 heteroatoms. The van der Waals surface area contributed by atoms with Crippen LogP contribution in [-0.4, -0.2) is 30.3 Å². The summed E-state index contributed by atoms with van der Waals surface area (Å²) >= 11 is 0. The maximum absolute atomic E-state index is 11.3. The highest BCUT2D eigenvalue weighted by Gasteiger charge is 2.46. The van der Waals surface area contributed by atoms with Crippen LogP contribution in [0.5, 0.6) is 0 Å². The minimum absolute atomic E-state index is 0.0802. The molecule has 0 aromatic carbocycles. The van der Waals surface area contributed by atoms with Crippen LogP contribution >= 0.6 is 0 Å². The van der Waals surface area contributed by atoms with Crippen molar-refractivity contribution in [3.8, 4) is 0 Å². The van der Waals surface area contributed by atoms with Crippen molar-refractivity contribution in [1.82, 2.24) is 0 Å². The predicted molar refractivity (Wildman–Crippen MR) is 65.2 cm³/mol. The summed E-state index contributed by atoms with van der Waals surface area (Å²) in [6, 6.07) is 0. The summed E-state index contributed by atoms with van der Waals surface area (Å²) in [5.41, 5.74) is -0.734. The molecule has 0 amide bonds. The molecule has 0 aliphatic heterocycles. The second kappa shape index (κ2) is 5.18. The Kier molecular flexibility index (Phi) is 4.91. The van der Waals surface area contributed by atoms with Crippen LogP contribution in [0, 0.1) is 5.41 Å². The largest absolute Gasteiger partial charge is 0.463 e. The summed E-state index contributed by atoms with van der Waals surface area (Å²) in [4.78, 5) is 10.8. The average molecular weight is 264 g/mol. The summed E-state index contributed by atoms with van der Waals surface area (Å²) in [5, 5.41) is 0. The van der Waals surface area contributed by atoms with Gasteiger partial charge >= 0.3 is 5.97 Å². The Hall–Kier alpha value is -0.880. The predicted octanol–water partition coefficient (Wildman–Crippen LogP) is 1.80. The van der Waals surface area contributed by atoms with Crippen molar-refractivity contribution in [1.29, 1.82) is 0 Å². The van der Waals surface area contributed by atoms with E-state index in [9.17, 15) is 17.8 Å². The topological polar surface area (TPSA) is 80.7 Å². The van der Waals surface area contributed by atoms with Crippen molar-refractivity contribution in [3.63, 3.8) is 0 Å². The van der Waals surface area contributed by atoms with Gasteiger partial charge in [0.15, 0.2) is 0 Å². The lowest BCUT2D eigenvalue weighted by Gasteiger charge is -2.38. The Morgan fingerprint density at radius 2 is 1.82 bits per heavy atom. The van der Waals surface area contributed by atoms with Gasteiger partial charge in [-0.1, -0.05) is 20.4 Å². The van der Waals surface area contributed by atoms with Crippen LogP contribution in [0.4, 0.5) is 0 Å². The average Bonchev–Trinajstić information content (AvgIpc) is 2.15. The van der Waals surface area contributed by atoms with E-state index in [1.165, 1.54) is 13.8 Å². The molecule has 0 spiro atoms. The molecule has 0 saturated carbocycles. The van der Waals surface area contributed by atoms with Crippen LogP contribution in [-0.2, 0) is 19.6 Å². The van der Waals surface area contributed by atoms with Crippen molar-refractivity contribution >= 4 is 16.1 Å². The molecule has 0 fully saturated rings. The number of hydrogen-bond donors (Lipinski definition) is 1. The van der Waals surface area contributed by atoms with Gasteiger partial charge in [0, 0.05) is 6.08 Å². The molecule has 0 aliphatic rings. The lowest BCUT2D eigenvalue weighted by atomic mass is 9.78. The fourth-order valence-electron chi connectivity index (χ4n) is 1.12. The Balaban J connectivity index is 4.69. The summed E-state index contributed by atoms with van der Waals surface area (Å²) in [6.07, 6.45) is 1.36. The van der Waals surface area contributed by atoms with Crippen molar-refractivity contribution < 1.29 is 22.5 Å². The molecule has 1 N–H and O–H groups in total. The first-order chi connectivity index (χ1) is 7.45. The zero-order chi connectivity index (χ0) is 13.9. The molecule has 0 aromatic heterocycles. The van der Waals surface area contributed by atoms with Gasteiger partial charge in [0.25, 0.3) is 10.1 Å². The van der Waals surface area contributed by atoms with E-state index in [0.717, 1.165) is 6.08 Å². The van der Waals surface area contributed by atoms with Crippen LogP contribution in [0.25, 0.3) is 0 Å². The number of carbonyl (C=O) groups excluding carboxylic acids is 1. The lowest BCUT2D eigenvalue weighted by molar-refractivity contribution is -0.138. The van der Waals surface area contributed by atoms with E-state index in [1.807, 2.05) is 0 Å². The fourth-order valence-corrected chi connectivity index (χ4v) is 1.92. The monoisotopic (exact) mass is 264 g/mol. The van der Waals surface area contributed by atoms with Crippen molar-refractivity contribution in [2.24, 2.45) is 5.41 Å². The number of rotatable bonds is 6. The van der Waals surface area contributed by atoms with Gasteiger partial charge in [-0.05, 0) is 25.7 Å². The summed E-state index contributed by atoms with van der Waals surface area (Å²) in [5.74, 6) is -0.550. The van der Waals surface area contributed by atoms with Gasteiger partial charge in [-0.15, -0.1) is 0 Å². The molecule has 5 nitrogen and oxygen atoms in total. The van der Waals surface area contributed by atoms with Gasteiger partial charge < -0.3 is 4.74 Å². The first kappa shape index (κ1) is 16.1. The molecule has 0 rings (SSSR count). The van der Waals surface area contributed by atoms with E-state index in [2.05, 4.69) is 6.58 Å². The minimum atomic E-state index is -4.18. The molecular weight excluding hydrogens is 244 g/mol. The molecule has 0 aliphatic carbocycles. The normalized spacial score (nSPS) is 13.2. The highest BCUT2D eigenvalue weighted by molar-refractivity contribution is 7.87. The molecule has 0 bridgehead atoms. The highest BCUT2D eigenvalue weighted by Crippen LogP contribution is 2.39. The van der Waals surface area contributed by atoms with E-state index in [4.69, 9.17) is 4.74 Å². The van der Waals surface area contributed by atoms with Crippen LogP contribution in [0.15, 0.2) is 12.7 Å². The van der Waals surface area contributed by atoms with Crippen molar-refractivity contribution in [2.75, 3.05) is 6.61 Å². The van der Waals surface area contributed by atoms with Gasteiger partial charge in [-0.2, -0.15) is 8.42 Å². The second-order valence-corrected chi connectivity index (χ2v) is 6.96. The Labute approximate surface area is 103 Å². The SMILES string of the molecule is C=CC(=O)OCCC(C)(C)C(C)(C)S(=O)(=O)O. The zero-order valence-corrected chi connectivity index (χ0v) is 11.5. The van der Waals surface area contributed by atoms with Crippen LogP contribution < -0.4 is 0 Å². The summed E-state index contributed by atoms with van der Waals surface area (Å²) in [6.45, 7) is 9.61. The van der Waals surface area contributed by atoms with Gasteiger partial charge in [0.2, 0.25) is 0 Å². The Morgan fingerprint density at radius 3 is 2.18 bits per heavy atom. The van der Waals surface area contributed by atoms with Gasteiger partial charge in [-0.25, -0.2) is 4.79 Å². The van der Waals surface area contributed by atoms with Crippen LogP contribution in [0.1, 0.15) is 34.1 Å². The number of ether oxygens (including phenoxy) is 1. The van der Waals surface area contributed by atoms with Gasteiger partial charge in [0.05, 0.1) is 11.4 Å². The zero-order valence-electron chi connectivity index (χ0n) is 10.7. The second-order valence-electron chi connectivity index (χ2n) is 4.99. The van der Waals surface area contributed by atoms with E-state index >= 15 is 0 Å². The highest BCUT2D eigenvalue weighted by atomic mass is 32.2. The molecule has 0 aromatic rings. The quantitative estimate of drug-likeness (QED) is 0.449. The van der Waals surface area contributed by atoms with Crippen LogP contribution in [0.3, 0.4) is 0 Å². The Morgan fingerprint density at radius 1 is 1.35 bits per heavy atom. The maximum atomic E-state index is 11.3. The lowest BCUT2D eigenvalue weighted by Crippen LogP contribution is -2.46. The third-order valence-corrected chi connectivity index (χ3v) is 5.26. The first-order valence-corrected chi connectivity index (χ1v) is 6.66.